The SMILES string of the molecule is Cc1ccc(CNCC2CCCC2CO)s1. The molecule has 16 heavy (non-hydrogen) atoms. The van der Waals surface area contributed by atoms with E-state index in [-0.39, 0.29) is 0 Å². The first-order valence-electron chi connectivity index (χ1n) is 6.16. The Bertz CT molecular complexity index is 323. The van der Waals surface area contributed by atoms with Gasteiger partial charge in [0.2, 0.25) is 0 Å². The smallest absolute Gasteiger partial charge is 0.0462 e. The van der Waals surface area contributed by atoms with Crippen LogP contribution in [0.3, 0.4) is 0 Å². The zero-order chi connectivity index (χ0) is 11.4. The topological polar surface area (TPSA) is 32.3 Å². The summed E-state index contributed by atoms with van der Waals surface area (Å²) in [5.74, 6) is 1.23. The largest absolute Gasteiger partial charge is 0.396 e. The summed E-state index contributed by atoms with van der Waals surface area (Å²) in [6, 6.07) is 4.37. The summed E-state index contributed by atoms with van der Waals surface area (Å²) < 4.78 is 0. The Morgan fingerprint density at radius 1 is 1.38 bits per heavy atom. The highest BCUT2D eigenvalue weighted by Crippen LogP contribution is 2.30. The van der Waals surface area contributed by atoms with Crippen molar-refractivity contribution in [3.63, 3.8) is 0 Å². The molecule has 2 N–H and O–H groups in total. The summed E-state index contributed by atoms with van der Waals surface area (Å²) in [5.41, 5.74) is 0. The highest BCUT2D eigenvalue weighted by atomic mass is 32.1. The number of aliphatic hydroxyl groups is 1. The van der Waals surface area contributed by atoms with Gasteiger partial charge in [-0.05, 0) is 50.3 Å². The van der Waals surface area contributed by atoms with Crippen LogP contribution < -0.4 is 5.32 Å². The summed E-state index contributed by atoms with van der Waals surface area (Å²) in [4.78, 5) is 2.79. The van der Waals surface area contributed by atoms with Gasteiger partial charge in [0.05, 0.1) is 0 Å². The van der Waals surface area contributed by atoms with Gasteiger partial charge in [-0.3, -0.25) is 0 Å². The average molecular weight is 239 g/mol. The highest BCUT2D eigenvalue weighted by molar-refractivity contribution is 7.11. The maximum atomic E-state index is 9.23. The monoisotopic (exact) mass is 239 g/mol. The van der Waals surface area contributed by atoms with Crippen molar-refractivity contribution in [2.24, 2.45) is 11.8 Å². The van der Waals surface area contributed by atoms with Crippen LogP contribution in [-0.4, -0.2) is 18.3 Å². The summed E-state index contributed by atoms with van der Waals surface area (Å²) >= 11 is 1.86. The average Bonchev–Trinajstić information content (AvgIpc) is 2.87. The van der Waals surface area contributed by atoms with Crippen molar-refractivity contribution in [1.82, 2.24) is 5.32 Å². The molecule has 2 atom stereocenters. The van der Waals surface area contributed by atoms with Gasteiger partial charge in [0, 0.05) is 22.9 Å². The minimum absolute atomic E-state index is 0.366. The molecule has 1 saturated carbocycles. The first kappa shape index (κ1) is 12.1. The van der Waals surface area contributed by atoms with Gasteiger partial charge in [-0.25, -0.2) is 0 Å². The molecule has 0 radical (unpaired) electrons. The predicted octanol–water partition coefficient (Wildman–Crippen LogP) is 2.55. The Morgan fingerprint density at radius 3 is 2.88 bits per heavy atom. The molecule has 0 bridgehead atoms. The molecule has 0 spiro atoms. The van der Waals surface area contributed by atoms with Crippen molar-refractivity contribution in [3.8, 4) is 0 Å². The van der Waals surface area contributed by atoms with Crippen LogP contribution in [0.4, 0.5) is 0 Å². The maximum absolute atomic E-state index is 9.23. The Morgan fingerprint density at radius 2 is 2.19 bits per heavy atom. The lowest BCUT2D eigenvalue weighted by atomic mass is 9.97. The van der Waals surface area contributed by atoms with Crippen molar-refractivity contribution in [2.45, 2.75) is 32.7 Å². The normalized spacial score (nSPS) is 25.1. The summed E-state index contributed by atoms with van der Waals surface area (Å²) in [6.07, 6.45) is 3.78. The van der Waals surface area contributed by atoms with E-state index >= 15 is 0 Å². The lowest BCUT2D eigenvalue weighted by Crippen LogP contribution is -2.26. The Labute approximate surface area is 102 Å². The summed E-state index contributed by atoms with van der Waals surface area (Å²) in [6.45, 7) is 4.55. The molecule has 1 aromatic rings. The van der Waals surface area contributed by atoms with E-state index in [0.29, 0.717) is 18.4 Å². The van der Waals surface area contributed by atoms with E-state index < -0.39 is 0 Å². The molecule has 90 valence electrons. The van der Waals surface area contributed by atoms with E-state index in [1.807, 2.05) is 11.3 Å². The Hall–Kier alpha value is -0.380. The minimum atomic E-state index is 0.366. The van der Waals surface area contributed by atoms with Crippen LogP contribution in [0.5, 0.6) is 0 Å². The van der Waals surface area contributed by atoms with Crippen LogP contribution in [-0.2, 0) is 6.54 Å². The quantitative estimate of drug-likeness (QED) is 0.827. The molecule has 0 amide bonds. The first-order chi connectivity index (χ1) is 7.79. The molecule has 2 nitrogen and oxygen atoms in total. The molecule has 1 fully saturated rings. The fourth-order valence-corrected chi connectivity index (χ4v) is 3.44. The third-order valence-electron chi connectivity index (χ3n) is 3.55. The molecule has 3 heteroatoms. The van der Waals surface area contributed by atoms with E-state index in [2.05, 4.69) is 24.4 Å². The number of thiophene rings is 1. The van der Waals surface area contributed by atoms with Crippen LogP contribution >= 0.6 is 11.3 Å². The summed E-state index contributed by atoms with van der Waals surface area (Å²) in [7, 11) is 0. The van der Waals surface area contributed by atoms with Crippen molar-refractivity contribution < 1.29 is 5.11 Å². The van der Waals surface area contributed by atoms with Gasteiger partial charge in [0.1, 0.15) is 0 Å². The molecule has 0 aliphatic heterocycles. The van der Waals surface area contributed by atoms with Gasteiger partial charge in [-0.1, -0.05) is 6.42 Å². The van der Waals surface area contributed by atoms with Crippen molar-refractivity contribution >= 4 is 11.3 Å². The molecule has 1 aliphatic carbocycles. The second kappa shape index (κ2) is 5.80. The molecule has 0 saturated heterocycles. The second-order valence-corrected chi connectivity index (χ2v) is 6.15. The van der Waals surface area contributed by atoms with Crippen LogP contribution in [0, 0.1) is 18.8 Å². The minimum Gasteiger partial charge on any atom is -0.396 e. The van der Waals surface area contributed by atoms with Gasteiger partial charge in [-0.15, -0.1) is 11.3 Å². The van der Waals surface area contributed by atoms with Gasteiger partial charge in [-0.2, -0.15) is 0 Å². The molecule has 1 heterocycles. The summed E-state index contributed by atoms with van der Waals surface area (Å²) in [5, 5.41) is 12.8. The van der Waals surface area contributed by atoms with Crippen LogP contribution in [0.25, 0.3) is 0 Å². The van der Waals surface area contributed by atoms with Gasteiger partial charge in [0.15, 0.2) is 0 Å². The molecular weight excluding hydrogens is 218 g/mol. The Kier molecular flexibility index (Phi) is 4.38. The highest BCUT2D eigenvalue weighted by Gasteiger charge is 2.25. The van der Waals surface area contributed by atoms with E-state index in [1.54, 1.807) is 0 Å². The number of rotatable bonds is 5. The number of aryl methyl sites for hydroxylation is 1. The molecule has 1 aliphatic rings. The molecule has 2 unspecified atom stereocenters. The molecule has 1 aromatic heterocycles. The number of nitrogens with one attached hydrogen (secondary N) is 1. The number of hydrogen-bond acceptors (Lipinski definition) is 3. The first-order valence-corrected chi connectivity index (χ1v) is 6.98. The molecular formula is C13H21NOS. The van der Waals surface area contributed by atoms with E-state index in [9.17, 15) is 5.11 Å². The molecule has 0 aromatic carbocycles. The lowest BCUT2D eigenvalue weighted by Gasteiger charge is -2.17. The van der Waals surface area contributed by atoms with E-state index in [4.69, 9.17) is 0 Å². The fourth-order valence-electron chi connectivity index (χ4n) is 2.58. The van der Waals surface area contributed by atoms with Crippen LogP contribution in [0.1, 0.15) is 29.0 Å². The molecule has 2 rings (SSSR count). The van der Waals surface area contributed by atoms with Crippen LogP contribution in [0.15, 0.2) is 12.1 Å². The third-order valence-corrected chi connectivity index (χ3v) is 4.55. The fraction of sp³-hybridized carbons (Fsp3) is 0.692. The third kappa shape index (κ3) is 3.06. The standard InChI is InChI=1S/C13H21NOS/c1-10-5-6-13(16-10)8-14-7-11-3-2-4-12(11)9-15/h5-6,11-12,14-15H,2-4,7-9H2,1H3. The predicted molar refractivity (Wildman–Crippen MR) is 68.7 cm³/mol. The number of hydrogen-bond donors (Lipinski definition) is 2. The van der Waals surface area contributed by atoms with Crippen molar-refractivity contribution in [3.05, 3.63) is 21.9 Å². The second-order valence-electron chi connectivity index (χ2n) is 4.78. The van der Waals surface area contributed by atoms with Crippen molar-refractivity contribution in [1.29, 1.82) is 0 Å². The van der Waals surface area contributed by atoms with Crippen molar-refractivity contribution in [2.75, 3.05) is 13.2 Å². The van der Waals surface area contributed by atoms with Gasteiger partial charge < -0.3 is 10.4 Å². The van der Waals surface area contributed by atoms with Gasteiger partial charge >= 0.3 is 0 Å². The lowest BCUT2D eigenvalue weighted by molar-refractivity contribution is 0.192. The van der Waals surface area contributed by atoms with E-state index in [1.165, 1.54) is 29.0 Å². The van der Waals surface area contributed by atoms with E-state index in [0.717, 1.165) is 13.1 Å². The zero-order valence-corrected chi connectivity index (χ0v) is 10.7. The van der Waals surface area contributed by atoms with Crippen LogP contribution in [0.2, 0.25) is 0 Å². The van der Waals surface area contributed by atoms with Gasteiger partial charge in [0.25, 0.3) is 0 Å². The Balaban J connectivity index is 1.71. The maximum Gasteiger partial charge on any atom is 0.0462 e. The zero-order valence-electron chi connectivity index (χ0n) is 9.91. The number of aliphatic hydroxyl groups excluding tert-OH is 1.